The lowest BCUT2D eigenvalue weighted by molar-refractivity contribution is 0.0696. The number of carboxylic acid groups (broad SMARTS) is 1. The fraction of sp³-hybridized carbons (Fsp3) is 0.333. The zero-order valence-electron chi connectivity index (χ0n) is 18.5. The molecule has 32 heavy (non-hydrogen) atoms. The second kappa shape index (κ2) is 11.3. The molecule has 0 aliphatic heterocycles. The van der Waals surface area contributed by atoms with Gasteiger partial charge in [0, 0.05) is 12.5 Å². The summed E-state index contributed by atoms with van der Waals surface area (Å²) in [6, 6.07) is 15.5. The van der Waals surface area contributed by atoms with Crippen LogP contribution in [0.4, 0.5) is 0 Å². The molecule has 3 aromatic carbocycles. The topological polar surface area (TPSA) is 83.8 Å². The van der Waals surface area contributed by atoms with Gasteiger partial charge in [-0.3, -0.25) is 4.79 Å². The Morgan fingerprint density at radius 3 is 2.31 bits per heavy atom. The molecule has 5 nitrogen and oxygen atoms in total. The molecule has 0 bridgehead atoms. The van der Waals surface area contributed by atoms with Gasteiger partial charge in [-0.05, 0) is 53.1 Å². The van der Waals surface area contributed by atoms with Gasteiger partial charge >= 0.3 is 5.97 Å². The predicted octanol–water partition coefficient (Wildman–Crippen LogP) is 6.76. The number of carbonyl (C=O) groups is 2. The number of carbonyl (C=O) groups excluding carboxylic acids is 1. The summed E-state index contributed by atoms with van der Waals surface area (Å²) in [5.41, 5.74) is 1.51. The first-order valence-electron chi connectivity index (χ1n) is 11.2. The SMILES string of the molecule is CCCCCCCCC(=O)c1ccc(OCc2ccc3cc(C(=O)O)ccc3c2)cc1O. The van der Waals surface area contributed by atoms with Gasteiger partial charge in [-0.15, -0.1) is 0 Å². The Hall–Kier alpha value is -3.34. The fourth-order valence-electron chi connectivity index (χ4n) is 3.72. The molecular weight excluding hydrogens is 404 g/mol. The number of rotatable bonds is 12. The fourth-order valence-corrected chi connectivity index (χ4v) is 3.72. The van der Waals surface area contributed by atoms with E-state index in [2.05, 4.69) is 6.92 Å². The maximum absolute atomic E-state index is 12.4. The van der Waals surface area contributed by atoms with Crippen LogP contribution in [-0.2, 0) is 6.61 Å². The van der Waals surface area contributed by atoms with E-state index in [0.29, 0.717) is 24.3 Å². The van der Waals surface area contributed by atoms with Crippen LogP contribution in [0.5, 0.6) is 11.5 Å². The molecule has 0 fully saturated rings. The molecule has 0 atom stereocenters. The van der Waals surface area contributed by atoms with E-state index < -0.39 is 5.97 Å². The average molecular weight is 435 g/mol. The molecule has 0 radical (unpaired) electrons. The molecule has 3 rings (SSSR count). The van der Waals surface area contributed by atoms with E-state index in [-0.39, 0.29) is 17.1 Å². The third-order valence-corrected chi connectivity index (χ3v) is 5.58. The Balaban J connectivity index is 1.55. The van der Waals surface area contributed by atoms with Crippen LogP contribution in [-0.4, -0.2) is 22.0 Å². The van der Waals surface area contributed by atoms with Gasteiger partial charge in [0.1, 0.15) is 18.1 Å². The zero-order chi connectivity index (χ0) is 22.9. The molecule has 0 amide bonds. The van der Waals surface area contributed by atoms with Crippen molar-refractivity contribution < 1.29 is 24.5 Å². The number of phenolic OH excluding ortho intramolecular Hbond substituents is 1. The maximum Gasteiger partial charge on any atom is 0.335 e. The first-order chi connectivity index (χ1) is 15.5. The molecule has 0 unspecified atom stereocenters. The summed E-state index contributed by atoms with van der Waals surface area (Å²) in [6.45, 7) is 2.47. The number of ketones is 1. The normalized spacial score (nSPS) is 10.9. The third-order valence-electron chi connectivity index (χ3n) is 5.58. The molecular formula is C27H30O5. The lowest BCUT2D eigenvalue weighted by Crippen LogP contribution is -2.01. The van der Waals surface area contributed by atoms with Gasteiger partial charge in [0.25, 0.3) is 0 Å². The summed E-state index contributed by atoms with van der Waals surface area (Å²) in [5, 5.41) is 21.2. The average Bonchev–Trinajstić information content (AvgIpc) is 2.79. The number of unbranched alkanes of at least 4 members (excludes halogenated alkanes) is 5. The second-order valence-corrected chi connectivity index (χ2v) is 8.11. The molecule has 0 aliphatic rings. The molecule has 0 spiro atoms. The van der Waals surface area contributed by atoms with E-state index in [1.807, 2.05) is 18.2 Å². The number of Topliss-reactive ketones (excluding diaryl/α,β-unsaturated/α-hetero) is 1. The van der Waals surface area contributed by atoms with Crippen LogP contribution in [0, 0.1) is 0 Å². The predicted molar refractivity (Wildman–Crippen MR) is 126 cm³/mol. The van der Waals surface area contributed by atoms with Crippen molar-refractivity contribution in [3.63, 3.8) is 0 Å². The monoisotopic (exact) mass is 434 g/mol. The molecule has 0 aromatic heterocycles. The van der Waals surface area contributed by atoms with Gasteiger partial charge in [-0.25, -0.2) is 4.79 Å². The molecule has 3 aromatic rings. The Morgan fingerprint density at radius 2 is 1.56 bits per heavy atom. The van der Waals surface area contributed by atoms with E-state index >= 15 is 0 Å². The van der Waals surface area contributed by atoms with E-state index in [1.165, 1.54) is 25.3 Å². The lowest BCUT2D eigenvalue weighted by Gasteiger charge is -2.10. The molecule has 5 heteroatoms. The summed E-state index contributed by atoms with van der Waals surface area (Å²) in [4.78, 5) is 23.5. The highest BCUT2D eigenvalue weighted by Gasteiger charge is 2.12. The van der Waals surface area contributed by atoms with Crippen molar-refractivity contribution in [2.24, 2.45) is 0 Å². The summed E-state index contributed by atoms with van der Waals surface area (Å²) in [6.07, 6.45) is 7.13. The highest BCUT2D eigenvalue weighted by atomic mass is 16.5. The number of aromatic hydroxyl groups is 1. The minimum absolute atomic E-state index is 0.0419. The minimum atomic E-state index is -0.951. The van der Waals surface area contributed by atoms with Crippen LogP contribution >= 0.6 is 0 Å². The summed E-state index contributed by atoms with van der Waals surface area (Å²) in [5.74, 6) is -0.564. The zero-order valence-corrected chi connectivity index (χ0v) is 18.5. The summed E-state index contributed by atoms with van der Waals surface area (Å²) >= 11 is 0. The quantitative estimate of drug-likeness (QED) is 0.243. The third kappa shape index (κ3) is 6.33. The molecule has 2 N–H and O–H groups in total. The van der Waals surface area contributed by atoms with Crippen LogP contribution in [0.1, 0.15) is 78.1 Å². The number of phenols is 1. The smallest absolute Gasteiger partial charge is 0.335 e. The van der Waals surface area contributed by atoms with Gasteiger partial charge in [-0.2, -0.15) is 0 Å². The molecule has 168 valence electrons. The van der Waals surface area contributed by atoms with Crippen molar-refractivity contribution in [2.75, 3.05) is 0 Å². The first kappa shape index (κ1) is 23.3. The standard InChI is InChI=1S/C27H30O5/c1-2-3-4-5-6-7-8-25(28)24-14-13-23(17-26(24)29)32-18-19-9-10-21-16-22(27(30)31)12-11-20(21)15-19/h9-17,29H,2-8,18H2,1H3,(H,30,31). The van der Waals surface area contributed by atoms with Crippen LogP contribution in [0.15, 0.2) is 54.6 Å². The molecule has 0 saturated carbocycles. The molecule has 0 aliphatic carbocycles. The number of fused-ring (bicyclic) bond motifs is 1. The Labute approximate surface area is 188 Å². The Morgan fingerprint density at radius 1 is 0.844 bits per heavy atom. The van der Waals surface area contributed by atoms with Crippen LogP contribution < -0.4 is 4.74 Å². The Bertz CT molecular complexity index is 1090. The van der Waals surface area contributed by atoms with Gasteiger partial charge in [-0.1, -0.05) is 57.2 Å². The van der Waals surface area contributed by atoms with Crippen molar-refractivity contribution in [1.82, 2.24) is 0 Å². The van der Waals surface area contributed by atoms with Crippen LogP contribution in [0.2, 0.25) is 0 Å². The van der Waals surface area contributed by atoms with Crippen molar-refractivity contribution in [3.8, 4) is 11.5 Å². The van der Waals surface area contributed by atoms with Gasteiger partial charge < -0.3 is 14.9 Å². The van der Waals surface area contributed by atoms with E-state index in [9.17, 15) is 14.7 Å². The number of ether oxygens (including phenoxy) is 1. The number of hydrogen-bond acceptors (Lipinski definition) is 4. The van der Waals surface area contributed by atoms with E-state index in [0.717, 1.165) is 35.6 Å². The molecule has 0 heterocycles. The van der Waals surface area contributed by atoms with E-state index in [1.54, 1.807) is 30.3 Å². The molecule has 0 saturated heterocycles. The van der Waals surface area contributed by atoms with Gasteiger partial charge in [0.05, 0.1) is 11.1 Å². The van der Waals surface area contributed by atoms with Gasteiger partial charge in [0.2, 0.25) is 0 Å². The highest BCUT2D eigenvalue weighted by molar-refractivity contribution is 5.98. The highest BCUT2D eigenvalue weighted by Crippen LogP contribution is 2.26. The minimum Gasteiger partial charge on any atom is -0.507 e. The number of hydrogen-bond donors (Lipinski definition) is 2. The number of benzene rings is 3. The first-order valence-corrected chi connectivity index (χ1v) is 11.2. The Kier molecular flexibility index (Phi) is 8.26. The number of carboxylic acids is 1. The maximum atomic E-state index is 12.4. The van der Waals surface area contributed by atoms with Gasteiger partial charge in [0.15, 0.2) is 5.78 Å². The van der Waals surface area contributed by atoms with E-state index in [4.69, 9.17) is 9.84 Å². The van der Waals surface area contributed by atoms with Crippen molar-refractivity contribution in [2.45, 2.75) is 58.5 Å². The van der Waals surface area contributed by atoms with Crippen LogP contribution in [0.3, 0.4) is 0 Å². The second-order valence-electron chi connectivity index (χ2n) is 8.11. The summed E-state index contributed by atoms with van der Waals surface area (Å²) in [7, 11) is 0. The van der Waals surface area contributed by atoms with Crippen LogP contribution in [0.25, 0.3) is 10.8 Å². The summed E-state index contributed by atoms with van der Waals surface area (Å²) < 4.78 is 5.79. The largest absolute Gasteiger partial charge is 0.507 e. The van der Waals surface area contributed by atoms with Crippen molar-refractivity contribution in [1.29, 1.82) is 0 Å². The van der Waals surface area contributed by atoms with Crippen molar-refractivity contribution in [3.05, 3.63) is 71.3 Å². The van der Waals surface area contributed by atoms with Crippen molar-refractivity contribution >= 4 is 22.5 Å². The number of aromatic carboxylic acids is 1. The lowest BCUT2D eigenvalue weighted by atomic mass is 10.0.